The van der Waals surface area contributed by atoms with Gasteiger partial charge in [0.05, 0.1) is 5.91 Å². The van der Waals surface area contributed by atoms with Crippen LogP contribution in [0, 0.1) is 25.2 Å². The molecule has 2 aliphatic rings. The molecule has 4 N–H and O–H groups in total. The number of nitrogens with one attached hydrogen (secondary N) is 4. The molecule has 0 atom stereocenters. The minimum atomic E-state index is -1.46. The molecule has 26 heavy (non-hydrogen) atoms. The SMILES string of the molecule is [CH2-]C(=O)NCC1(C2CCNCC2)C(=O)NC(=O)NC1=O.[CH2-]CCCC.[Y]. The average molecular weight is 441 g/mol. The third-order valence-electron chi connectivity index (χ3n) is 4.47. The van der Waals surface area contributed by atoms with Crippen LogP contribution >= 0.6 is 0 Å². The van der Waals surface area contributed by atoms with Crippen LogP contribution in [-0.2, 0) is 47.1 Å². The Bertz CT molecular complexity index is 485. The zero-order chi connectivity index (χ0) is 18.9. The summed E-state index contributed by atoms with van der Waals surface area (Å²) in [6.45, 7) is 10.2. The molecule has 2 rings (SSSR count). The topological polar surface area (TPSA) is 116 Å². The van der Waals surface area contributed by atoms with Gasteiger partial charge in [-0.1, -0.05) is 19.8 Å². The van der Waals surface area contributed by atoms with E-state index in [1.54, 1.807) is 0 Å². The number of barbiturate groups is 1. The minimum absolute atomic E-state index is 0. The molecule has 0 aromatic heterocycles. The summed E-state index contributed by atoms with van der Waals surface area (Å²) < 4.78 is 0. The summed E-state index contributed by atoms with van der Waals surface area (Å²) in [6.07, 6.45) is 4.88. The van der Waals surface area contributed by atoms with Crippen LogP contribution in [0.25, 0.3) is 0 Å². The van der Waals surface area contributed by atoms with Crippen LogP contribution < -0.4 is 21.3 Å². The summed E-state index contributed by atoms with van der Waals surface area (Å²) in [6, 6.07) is -0.828. The Morgan fingerprint density at radius 2 is 1.73 bits per heavy atom. The average Bonchev–Trinajstić information content (AvgIpc) is 2.56. The van der Waals surface area contributed by atoms with Crippen LogP contribution in [0.4, 0.5) is 4.79 Å². The van der Waals surface area contributed by atoms with Crippen molar-refractivity contribution in [2.45, 2.75) is 39.0 Å². The largest absolute Gasteiger partial charge is 0.379 e. The summed E-state index contributed by atoms with van der Waals surface area (Å²) in [7, 11) is 0. The number of carbonyl (C=O) groups is 4. The normalized spacial score (nSPS) is 19.2. The van der Waals surface area contributed by atoms with Gasteiger partial charge < -0.3 is 29.3 Å². The Kier molecular flexibility index (Phi) is 11.9. The van der Waals surface area contributed by atoms with E-state index < -0.39 is 29.2 Å². The predicted octanol–water partition coefficient (Wildman–Crippen LogP) is 0.297. The van der Waals surface area contributed by atoms with E-state index in [2.05, 4.69) is 42.0 Å². The van der Waals surface area contributed by atoms with Crippen LogP contribution in [0.1, 0.15) is 39.0 Å². The zero-order valence-electron chi connectivity index (χ0n) is 15.4. The number of unbranched alkanes of at least 4 members (excludes halogenated alkanes) is 2. The molecular weight excluding hydrogens is 413 g/mol. The van der Waals surface area contributed by atoms with Crippen molar-refractivity contribution in [3.8, 4) is 0 Å². The maximum atomic E-state index is 12.3. The Morgan fingerprint density at radius 3 is 2.12 bits per heavy atom. The molecular formula is C17H28N4O4Y-2. The number of urea groups is 1. The van der Waals surface area contributed by atoms with E-state index in [0.29, 0.717) is 25.9 Å². The van der Waals surface area contributed by atoms with Crippen LogP contribution in [0.15, 0.2) is 0 Å². The van der Waals surface area contributed by atoms with Gasteiger partial charge in [-0.15, -0.1) is 0 Å². The van der Waals surface area contributed by atoms with Gasteiger partial charge in [0, 0.05) is 39.3 Å². The molecule has 0 saturated carbocycles. The summed E-state index contributed by atoms with van der Waals surface area (Å²) in [5.74, 6) is -2.14. The van der Waals surface area contributed by atoms with Crippen molar-refractivity contribution in [3.63, 3.8) is 0 Å². The zero-order valence-corrected chi connectivity index (χ0v) is 18.2. The van der Waals surface area contributed by atoms with Crippen molar-refractivity contribution < 1.29 is 51.9 Å². The van der Waals surface area contributed by atoms with Gasteiger partial charge in [-0.3, -0.25) is 20.2 Å². The molecule has 145 valence electrons. The molecule has 0 unspecified atom stereocenters. The van der Waals surface area contributed by atoms with E-state index in [-0.39, 0.29) is 45.2 Å². The third kappa shape index (κ3) is 6.63. The summed E-state index contributed by atoms with van der Waals surface area (Å²) in [4.78, 5) is 46.8. The first-order valence-corrected chi connectivity index (χ1v) is 8.65. The van der Waals surface area contributed by atoms with E-state index in [4.69, 9.17) is 0 Å². The number of imide groups is 2. The first kappa shape index (κ1) is 25.0. The first-order chi connectivity index (χ1) is 11.9. The molecule has 0 aromatic rings. The van der Waals surface area contributed by atoms with Gasteiger partial charge in [0.2, 0.25) is 11.8 Å². The van der Waals surface area contributed by atoms with E-state index in [9.17, 15) is 19.2 Å². The number of hydrogen-bond donors (Lipinski definition) is 4. The summed E-state index contributed by atoms with van der Waals surface area (Å²) >= 11 is 0. The van der Waals surface area contributed by atoms with E-state index in [1.807, 2.05) is 0 Å². The maximum absolute atomic E-state index is 12.3. The molecule has 8 nitrogen and oxygen atoms in total. The molecule has 2 saturated heterocycles. The van der Waals surface area contributed by atoms with Crippen molar-refractivity contribution in [2.75, 3.05) is 19.6 Å². The Morgan fingerprint density at radius 1 is 1.19 bits per heavy atom. The van der Waals surface area contributed by atoms with Gasteiger partial charge in [-0.25, -0.2) is 4.79 Å². The quantitative estimate of drug-likeness (QED) is 0.362. The molecule has 9 heteroatoms. The number of piperidine rings is 1. The molecule has 0 spiro atoms. The minimum Gasteiger partial charge on any atom is -0.379 e. The number of carbonyl (C=O) groups excluding carboxylic acids is 4. The maximum Gasteiger partial charge on any atom is 0.328 e. The van der Waals surface area contributed by atoms with Crippen LogP contribution in [0.3, 0.4) is 0 Å². The third-order valence-corrected chi connectivity index (χ3v) is 4.47. The second-order valence-electron chi connectivity index (χ2n) is 6.22. The second-order valence-corrected chi connectivity index (χ2v) is 6.22. The summed E-state index contributed by atoms with van der Waals surface area (Å²) in [5.41, 5.74) is -1.46. The first-order valence-electron chi connectivity index (χ1n) is 8.65. The number of amides is 5. The Labute approximate surface area is 180 Å². The fraction of sp³-hybridized carbons (Fsp3) is 0.647. The van der Waals surface area contributed by atoms with Crippen molar-refractivity contribution in [2.24, 2.45) is 11.3 Å². The smallest absolute Gasteiger partial charge is 0.328 e. The number of hydrogen-bond acceptors (Lipinski definition) is 5. The Hall–Kier alpha value is -0.986. The van der Waals surface area contributed by atoms with Gasteiger partial charge in [-0.2, -0.15) is 6.42 Å². The molecule has 2 heterocycles. The van der Waals surface area contributed by atoms with Gasteiger partial charge in [0.1, 0.15) is 5.41 Å². The van der Waals surface area contributed by atoms with Crippen molar-refractivity contribution in [1.82, 2.24) is 21.3 Å². The van der Waals surface area contributed by atoms with Gasteiger partial charge in [-0.05, 0) is 31.8 Å². The monoisotopic (exact) mass is 441 g/mol. The molecule has 5 amide bonds. The van der Waals surface area contributed by atoms with Crippen LogP contribution in [0.5, 0.6) is 0 Å². The predicted molar refractivity (Wildman–Crippen MR) is 93.0 cm³/mol. The van der Waals surface area contributed by atoms with E-state index in [1.165, 1.54) is 12.8 Å². The number of rotatable bonds is 5. The standard InChI is InChI=1S/C12H17N4O4.C5H11.Y/c1-7(17)14-6-12(8-2-4-13-5-3-8)9(18)15-11(20)16-10(12)19;1-3-5-4-2;/h8,13H,1-6H2,(H,14,17)(H2,15,16,18,19,20);1,3-5H2,2H3;/q2*-1;. The molecule has 2 aliphatic heterocycles. The molecule has 0 bridgehead atoms. The van der Waals surface area contributed by atoms with Crippen LogP contribution in [0.2, 0.25) is 0 Å². The van der Waals surface area contributed by atoms with E-state index in [0.717, 1.165) is 6.42 Å². The van der Waals surface area contributed by atoms with Gasteiger partial charge >= 0.3 is 6.03 Å². The summed E-state index contributed by atoms with van der Waals surface area (Å²) in [5, 5.41) is 9.81. The van der Waals surface area contributed by atoms with Crippen molar-refractivity contribution in [1.29, 1.82) is 0 Å². The van der Waals surface area contributed by atoms with Gasteiger partial charge in [0.15, 0.2) is 0 Å². The van der Waals surface area contributed by atoms with E-state index >= 15 is 0 Å². The van der Waals surface area contributed by atoms with Crippen LogP contribution in [-0.4, -0.2) is 43.4 Å². The van der Waals surface area contributed by atoms with Crippen molar-refractivity contribution >= 4 is 23.8 Å². The molecule has 1 radical (unpaired) electrons. The van der Waals surface area contributed by atoms with Gasteiger partial charge in [0.25, 0.3) is 0 Å². The molecule has 2 fully saturated rings. The fourth-order valence-corrected chi connectivity index (χ4v) is 3.04. The van der Waals surface area contributed by atoms with Crippen molar-refractivity contribution in [3.05, 3.63) is 13.8 Å². The Balaban J connectivity index is 0.000000923. The fourth-order valence-electron chi connectivity index (χ4n) is 3.04. The second kappa shape index (κ2) is 12.4. The molecule has 0 aromatic carbocycles. The molecule has 0 aliphatic carbocycles.